The van der Waals surface area contributed by atoms with Gasteiger partial charge in [0.1, 0.15) is 0 Å². The van der Waals surface area contributed by atoms with Crippen molar-refractivity contribution in [3.8, 4) is 0 Å². The molecule has 0 aromatic carbocycles. The average Bonchev–Trinajstić information content (AvgIpc) is 2.42. The van der Waals surface area contributed by atoms with Crippen LogP contribution in [0.15, 0.2) is 0 Å². The van der Waals surface area contributed by atoms with Gasteiger partial charge in [-0.2, -0.15) is 0 Å². The summed E-state index contributed by atoms with van der Waals surface area (Å²) in [5, 5.41) is 13.0. The lowest BCUT2D eigenvalue weighted by Gasteiger charge is -2.17. The molecule has 4 nitrogen and oxygen atoms in total. The average molecular weight is 308 g/mol. The SMILES string of the molecule is CCCCC(CC)COCC(O)CNCC(C)S(C)=O. The summed E-state index contributed by atoms with van der Waals surface area (Å²) in [7, 11) is -0.817. The van der Waals surface area contributed by atoms with Crippen molar-refractivity contribution in [2.75, 3.05) is 32.6 Å². The zero-order chi connectivity index (χ0) is 15.4. The summed E-state index contributed by atoms with van der Waals surface area (Å²) < 4.78 is 16.8. The molecular weight excluding hydrogens is 274 g/mol. The lowest BCUT2D eigenvalue weighted by atomic mass is 10.0. The first kappa shape index (κ1) is 20.0. The zero-order valence-corrected chi connectivity index (χ0v) is 14.4. The molecule has 0 radical (unpaired) electrons. The molecular formula is C15H33NO3S. The predicted octanol–water partition coefficient (Wildman–Crippen LogP) is 1.94. The summed E-state index contributed by atoms with van der Waals surface area (Å²) in [6, 6.07) is 0. The number of unbranched alkanes of at least 4 members (excludes halogenated alkanes) is 1. The molecule has 20 heavy (non-hydrogen) atoms. The molecule has 4 unspecified atom stereocenters. The lowest BCUT2D eigenvalue weighted by Crippen LogP contribution is -2.35. The Morgan fingerprint density at radius 3 is 2.50 bits per heavy atom. The number of nitrogens with one attached hydrogen (secondary N) is 1. The van der Waals surface area contributed by atoms with Gasteiger partial charge in [-0.25, -0.2) is 0 Å². The molecule has 0 fully saturated rings. The fourth-order valence-electron chi connectivity index (χ4n) is 1.90. The Labute approximate surface area is 127 Å². The van der Waals surface area contributed by atoms with Crippen LogP contribution in [0.25, 0.3) is 0 Å². The van der Waals surface area contributed by atoms with Gasteiger partial charge in [0.25, 0.3) is 0 Å². The third kappa shape index (κ3) is 10.8. The first-order chi connectivity index (χ1) is 9.51. The van der Waals surface area contributed by atoms with E-state index in [0.29, 0.717) is 25.6 Å². The molecule has 2 N–H and O–H groups in total. The minimum atomic E-state index is -0.817. The van der Waals surface area contributed by atoms with Crippen LogP contribution in [0.4, 0.5) is 0 Å². The second-order valence-corrected chi connectivity index (χ2v) is 7.38. The van der Waals surface area contributed by atoms with Crippen molar-refractivity contribution in [3.05, 3.63) is 0 Å². The van der Waals surface area contributed by atoms with E-state index in [-0.39, 0.29) is 5.25 Å². The number of rotatable bonds is 13. The van der Waals surface area contributed by atoms with Gasteiger partial charge in [0.2, 0.25) is 0 Å². The Morgan fingerprint density at radius 2 is 1.95 bits per heavy atom. The van der Waals surface area contributed by atoms with E-state index in [9.17, 15) is 9.32 Å². The maximum Gasteiger partial charge on any atom is 0.0897 e. The van der Waals surface area contributed by atoms with Gasteiger partial charge in [0.15, 0.2) is 0 Å². The minimum absolute atomic E-state index is 0.113. The van der Waals surface area contributed by atoms with Gasteiger partial charge in [0, 0.05) is 42.0 Å². The summed E-state index contributed by atoms with van der Waals surface area (Å²) >= 11 is 0. The number of hydrogen-bond acceptors (Lipinski definition) is 4. The highest BCUT2D eigenvalue weighted by molar-refractivity contribution is 7.84. The van der Waals surface area contributed by atoms with Crippen LogP contribution < -0.4 is 5.32 Å². The van der Waals surface area contributed by atoms with Crippen LogP contribution in [0.3, 0.4) is 0 Å². The molecule has 0 bridgehead atoms. The molecule has 0 heterocycles. The van der Waals surface area contributed by atoms with E-state index >= 15 is 0 Å². The zero-order valence-electron chi connectivity index (χ0n) is 13.6. The first-order valence-corrected chi connectivity index (χ1v) is 9.42. The fourth-order valence-corrected chi connectivity index (χ4v) is 2.25. The Balaban J connectivity index is 3.61. The number of aliphatic hydroxyl groups excluding tert-OH is 1. The molecule has 0 aliphatic carbocycles. The van der Waals surface area contributed by atoms with Crippen LogP contribution in [0, 0.1) is 5.92 Å². The summed E-state index contributed by atoms with van der Waals surface area (Å²) in [5.41, 5.74) is 0. The van der Waals surface area contributed by atoms with Gasteiger partial charge in [-0.15, -0.1) is 0 Å². The number of aliphatic hydroxyl groups is 1. The topological polar surface area (TPSA) is 58.6 Å². The molecule has 0 saturated carbocycles. The van der Waals surface area contributed by atoms with Crippen LogP contribution in [0.2, 0.25) is 0 Å². The molecule has 122 valence electrons. The van der Waals surface area contributed by atoms with E-state index in [1.165, 1.54) is 19.3 Å². The molecule has 4 atom stereocenters. The van der Waals surface area contributed by atoms with E-state index < -0.39 is 16.9 Å². The standard InChI is InChI=1S/C15H33NO3S/c1-5-7-8-14(6-2)11-19-12-15(17)10-16-9-13(3)20(4)18/h13-17H,5-12H2,1-4H3. The maximum atomic E-state index is 11.2. The molecule has 0 aromatic heterocycles. The summed E-state index contributed by atoms with van der Waals surface area (Å²) in [6.07, 6.45) is 6.02. The van der Waals surface area contributed by atoms with Crippen molar-refractivity contribution in [2.45, 2.75) is 57.8 Å². The second kappa shape index (κ2) is 12.7. The normalized spacial score (nSPS) is 17.6. The van der Waals surface area contributed by atoms with Gasteiger partial charge in [-0.1, -0.05) is 33.1 Å². The molecule has 5 heteroatoms. The van der Waals surface area contributed by atoms with Gasteiger partial charge in [0.05, 0.1) is 12.7 Å². The molecule has 0 rings (SSSR count). The van der Waals surface area contributed by atoms with Crippen molar-refractivity contribution in [3.63, 3.8) is 0 Å². The minimum Gasteiger partial charge on any atom is -0.389 e. The van der Waals surface area contributed by atoms with Gasteiger partial charge < -0.3 is 15.2 Å². The molecule has 0 aromatic rings. The Morgan fingerprint density at radius 1 is 1.25 bits per heavy atom. The van der Waals surface area contributed by atoms with E-state index in [1.807, 2.05) is 6.92 Å². The molecule has 0 aliphatic rings. The second-order valence-electron chi connectivity index (χ2n) is 5.58. The van der Waals surface area contributed by atoms with Gasteiger partial charge >= 0.3 is 0 Å². The van der Waals surface area contributed by atoms with Crippen LogP contribution >= 0.6 is 0 Å². The Kier molecular flexibility index (Phi) is 12.8. The van der Waals surface area contributed by atoms with Crippen LogP contribution in [-0.2, 0) is 15.5 Å². The van der Waals surface area contributed by atoms with Crippen LogP contribution in [0.1, 0.15) is 46.5 Å². The van der Waals surface area contributed by atoms with Gasteiger partial charge in [-0.3, -0.25) is 4.21 Å². The smallest absolute Gasteiger partial charge is 0.0897 e. The summed E-state index contributed by atoms with van der Waals surface area (Å²) in [4.78, 5) is 0. The lowest BCUT2D eigenvalue weighted by molar-refractivity contribution is 0.0195. The van der Waals surface area contributed by atoms with Crippen molar-refractivity contribution >= 4 is 10.8 Å². The van der Waals surface area contributed by atoms with Crippen molar-refractivity contribution < 1.29 is 14.1 Å². The summed E-state index contributed by atoms with van der Waals surface area (Å²) in [5.74, 6) is 0.609. The van der Waals surface area contributed by atoms with Crippen LogP contribution in [-0.4, -0.2) is 53.2 Å². The Hall–Kier alpha value is 0.0300. The van der Waals surface area contributed by atoms with Crippen LogP contribution in [0.5, 0.6) is 0 Å². The number of hydrogen-bond donors (Lipinski definition) is 2. The highest BCUT2D eigenvalue weighted by Crippen LogP contribution is 2.12. The maximum absolute atomic E-state index is 11.2. The fraction of sp³-hybridized carbons (Fsp3) is 1.00. The summed E-state index contributed by atoms with van der Waals surface area (Å²) in [6.45, 7) is 8.59. The van der Waals surface area contributed by atoms with E-state index in [4.69, 9.17) is 4.74 Å². The van der Waals surface area contributed by atoms with Crippen molar-refractivity contribution in [2.24, 2.45) is 5.92 Å². The van der Waals surface area contributed by atoms with E-state index in [2.05, 4.69) is 19.2 Å². The van der Waals surface area contributed by atoms with Gasteiger partial charge in [-0.05, 0) is 19.3 Å². The Bertz CT molecular complexity index is 251. The molecule has 0 amide bonds. The third-order valence-corrected chi connectivity index (χ3v) is 4.89. The van der Waals surface area contributed by atoms with E-state index in [1.54, 1.807) is 6.26 Å². The van der Waals surface area contributed by atoms with Crippen molar-refractivity contribution in [1.29, 1.82) is 0 Å². The predicted molar refractivity (Wildman–Crippen MR) is 86.5 cm³/mol. The van der Waals surface area contributed by atoms with E-state index in [0.717, 1.165) is 13.0 Å². The molecule has 0 saturated heterocycles. The largest absolute Gasteiger partial charge is 0.389 e. The highest BCUT2D eigenvalue weighted by Gasteiger charge is 2.10. The molecule has 0 aliphatic heterocycles. The third-order valence-electron chi connectivity index (χ3n) is 3.59. The number of ether oxygens (including phenoxy) is 1. The first-order valence-electron chi connectivity index (χ1n) is 7.79. The highest BCUT2D eigenvalue weighted by atomic mass is 32.2. The van der Waals surface area contributed by atoms with Crippen molar-refractivity contribution in [1.82, 2.24) is 5.32 Å². The monoisotopic (exact) mass is 307 g/mol. The quantitative estimate of drug-likeness (QED) is 0.546. The molecule has 0 spiro atoms.